The van der Waals surface area contributed by atoms with Gasteiger partial charge in [-0.05, 0) is 55.5 Å². The zero-order valence-electron chi connectivity index (χ0n) is 16.5. The molecule has 2 aromatic rings. The van der Waals surface area contributed by atoms with Crippen molar-refractivity contribution in [2.75, 3.05) is 13.1 Å². The highest BCUT2D eigenvalue weighted by molar-refractivity contribution is 7.89. The molecule has 0 spiro atoms. The second kappa shape index (κ2) is 9.33. The lowest BCUT2D eigenvalue weighted by Crippen LogP contribution is -2.34. The molecule has 1 aliphatic carbocycles. The van der Waals surface area contributed by atoms with Gasteiger partial charge < -0.3 is 5.32 Å². The maximum absolute atomic E-state index is 12.3. The van der Waals surface area contributed by atoms with Crippen LogP contribution in [-0.2, 0) is 27.7 Å². The summed E-state index contributed by atoms with van der Waals surface area (Å²) in [6, 6.07) is 12.3. The second-order valence-corrected chi connectivity index (χ2v) is 9.09. The number of hydrogen-bond donors (Lipinski definition) is 2. The molecule has 2 aromatic carbocycles. The van der Waals surface area contributed by atoms with Crippen molar-refractivity contribution in [3.05, 3.63) is 64.7 Å². The van der Waals surface area contributed by atoms with E-state index in [1.54, 1.807) is 24.3 Å². The number of carbonyl (C=O) groups excluding carboxylic acids is 2. The molecule has 1 amide bonds. The van der Waals surface area contributed by atoms with Crippen LogP contribution in [0.15, 0.2) is 47.4 Å². The van der Waals surface area contributed by atoms with Gasteiger partial charge in [-0.3, -0.25) is 9.59 Å². The first-order chi connectivity index (χ1) is 13.8. The second-order valence-electron chi connectivity index (χ2n) is 7.32. The van der Waals surface area contributed by atoms with Gasteiger partial charge >= 0.3 is 0 Å². The summed E-state index contributed by atoms with van der Waals surface area (Å²) in [7, 11) is -3.60. The topological polar surface area (TPSA) is 92.3 Å². The normalized spacial score (nSPS) is 13.1. The number of hydrogen-bond acceptors (Lipinski definition) is 4. The molecule has 29 heavy (non-hydrogen) atoms. The van der Waals surface area contributed by atoms with Gasteiger partial charge in [-0.2, -0.15) is 0 Å². The molecule has 0 aromatic heterocycles. The van der Waals surface area contributed by atoms with Crippen LogP contribution in [0.1, 0.15) is 46.3 Å². The number of carbonyl (C=O) groups is 2. The van der Waals surface area contributed by atoms with Crippen molar-refractivity contribution in [3.63, 3.8) is 0 Å². The van der Waals surface area contributed by atoms with Crippen molar-refractivity contribution in [1.82, 2.24) is 10.0 Å². The molecule has 0 saturated heterocycles. The summed E-state index contributed by atoms with van der Waals surface area (Å²) in [5.74, 6) is -0.316. The van der Waals surface area contributed by atoms with E-state index in [-0.39, 0.29) is 42.5 Å². The molecule has 6 nitrogen and oxygen atoms in total. The Labute approximate surface area is 171 Å². The lowest BCUT2D eigenvalue weighted by molar-refractivity contribution is -0.121. The number of aryl methyl sites for hydroxylation is 3. The molecule has 0 saturated carbocycles. The van der Waals surface area contributed by atoms with Gasteiger partial charge in [0.1, 0.15) is 0 Å². The number of Topliss-reactive ketones (excluding diaryl/α,β-unsaturated/α-hetero) is 1. The predicted octanol–water partition coefficient (Wildman–Crippen LogP) is 2.54. The fraction of sp³-hybridized carbons (Fsp3) is 0.364. The van der Waals surface area contributed by atoms with Crippen molar-refractivity contribution in [2.45, 2.75) is 43.9 Å². The summed E-state index contributed by atoms with van der Waals surface area (Å²) in [5, 5.41) is 2.65. The molecule has 0 aliphatic heterocycles. The van der Waals surface area contributed by atoms with Gasteiger partial charge in [-0.15, -0.1) is 0 Å². The number of sulfonamides is 1. The first kappa shape index (κ1) is 21.2. The molecule has 0 atom stereocenters. The van der Waals surface area contributed by atoms with Crippen LogP contribution in [0.2, 0.25) is 0 Å². The third kappa shape index (κ3) is 5.74. The van der Waals surface area contributed by atoms with Crippen LogP contribution in [0.5, 0.6) is 0 Å². The number of ketones is 1. The van der Waals surface area contributed by atoms with E-state index in [4.69, 9.17) is 0 Å². The van der Waals surface area contributed by atoms with E-state index in [1.807, 2.05) is 25.1 Å². The van der Waals surface area contributed by atoms with E-state index >= 15 is 0 Å². The maximum atomic E-state index is 12.3. The van der Waals surface area contributed by atoms with E-state index < -0.39 is 10.0 Å². The molecular weight excluding hydrogens is 388 g/mol. The molecule has 0 bridgehead atoms. The Hall–Kier alpha value is -2.51. The van der Waals surface area contributed by atoms with Crippen molar-refractivity contribution in [3.8, 4) is 0 Å². The Balaban J connectivity index is 1.39. The van der Waals surface area contributed by atoms with Crippen LogP contribution in [-0.4, -0.2) is 33.2 Å². The average Bonchev–Trinajstić information content (AvgIpc) is 3.17. The summed E-state index contributed by atoms with van der Waals surface area (Å²) in [4.78, 5) is 24.5. The largest absolute Gasteiger partial charge is 0.355 e. The Morgan fingerprint density at radius 3 is 2.41 bits per heavy atom. The van der Waals surface area contributed by atoms with Crippen LogP contribution < -0.4 is 10.0 Å². The zero-order chi connectivity index (χ0) is 20.9. The molecule has 1 aliphatic rings. The molecule has 0 unspecified atom stereocenters. The number of amides is 1. The Kier molecular flexibility index (Phi) is 6.82. The van der Waals surface area contributed by atoms with Crippen LogP contribution in [0.3, 0.4) is 0 Å². The van der Waals surface area contributed by atoms with Crippen molar-refractivity contribution >= 4 is 21.7 Å². The van der Waals surface area contributed by atoms with Crippen molar-refractivity contribution < 1.29 is 18.0 Å². The van der Waals surface area contributed by atoms with Gasteiger partial charge in [0.25, 0.3) is 0 Å². The van der Waals surface area contributed by atoms with E-state index in [0.29, 0.717) is 5.56 Å². The van der Waals surface area contributed by atoms with Gasteiger partial charge in [0.2, 0.25) is 15.9 Å². The van der Waals surface area contributed by atoms with Gasteiger partial charge in [0.15, 0.2) is 5.78 Å². The monoisotopic (exact) mass is 414 g/mol. The van der Waals surface area contributed by atoms with Gasteiger partial charge in [0, 0.05) is 31.5 Å². The number of nitrogens with one attached hydrogen (secondary N) is 2. The summed E-state index contributed by atoms with van der Waals surface area (Å²) in [6.07, 6.45) is 3.43. The maximum Gasteiger partial charge on any atom is 0.240 e. The highest BCUT2D eigenvalue weighted by atomic mass is 32.2. The summed E-state index contributed by atoms with van der Waals surface area (Å²) >= 11 is 0. The smallest absolute Gasteiger partial charge is 0.240 e. The van der Waals surface area contributed by atoms with Crippen LogP contribution in [0, 0.1) is 6.92 Å². The van der Waals surface area contributed by atoms with Gasteiger partial charge in [0.05, 0.1) is 4.90 Å². The van der Waals surface area contributed by atoms with E-state index in [1.165, 1.54) is 11.1 Å². The molecule has 2 N–H and O–H groups in total. The summed E-state index contributed by atoms with van der Waals surface area (Å²) in [6.45, 7) is 2.13. The standard InChI is InChI=1S/C22H26N2O4S/c1-16-5-9-20(10-6-16)29(27,28)24-14-13-23-22(26)12-11-21(25)19-8-7-17-3-2-4-18(17)15-19/h5-10,15,24H,2-4,11-14H2,1H3,(H,23,26). The van der Waals surface area contributed by atoms with Gasteiger partial charge in [-0.25, -0.2) is 13.1 Å². The molecule has 3 rings (SSSR count). The molecule has 0 radical (unpaired) electrons. The third-order valence-electron chi connectivity index (χ3n) is 5.07. The van der Waals surface area contributed by atoms with Crippen molar-refractivity contribution in [1.29, 1.82) is 0 Å². The minimum absolute atomic E-state index is 0.0464. The molecular formula is C22H26N2O4S. The number of fused-ring (bicyclic) bond motifs is 1. The number of rotatable bonds is 9. The highest BCUT2D eigenvalue weighted by Crippen LogP contribution is 2.23. The lowest BCUT2D eigenvalue weighted by Gasteiger charge is -2.08. The molecule has 154 valence electrons. The molecule has 0 heterocycles. The lowest BCUT2D eigenvalue weighted by atomic mass is 10.0. The minimum atomic E-state index is -3.60. The Morgan fingerprint density at radius 1 is 0.931 bits per heavy atom. The van der Waals surface area contributed by atoms with Gasteiger partial charge in [-0.1, -0.05) is 29.8 Å². The Bertz CT molecular complexity index is 998. The fourth-order valence-electron chi connectivity index (χ4n) is 3.39. The summed E-state index contributed by atoms with van der Waals surface area (Å²) in [5.41, 5.74) is 4.18. The third-order valence-corrected chi connectivity index (χ3v) is 6.55. The highest BCUT2D eigenvalue weighted by Gasteiger charge is 2.15. The van der Waals surface area contributed by atoms with Crippen LogP contribution in [0.4, 0.5) is 0 Å². The summed E-state index contributed by atoms with van der Waals surface area (Å²) < 4.78 is 26.8. The van der Waals surface area contributed by atoms with E-state index in [2.05, 4.69) is 10.0 Å². The zero-order valence-corrected chi connectivity index (χ0v) is 17.3. The fourth-order valence-corrected chi connectivity index (χ4v) is 4.42. The minimum Gasteiger partial charge on any atom is -0.355 e. The van der Waals surface area contributed by atoms with Crippen molar-refractivity contribution in [2.24, 2.45) is 0 Å². The SMILES string of the molecule is Cc1ccc(S(=O)(=O)NCCNC(=O)CCC(=O)c2ccc3c(c2)CCC3)cc1. The average molecular weight is 415 g/mol. The predicted molar refractivity (Wildman–Crippen MR) is 111 cm³/mol. The quantitative estimate of drug-likeness (QED) is 0.487. The first-order valence-electron chi connectivity index (χ1n) is 9.83. The van der Waals surface area contributed by atoms with E-state index in [0.717, 1.165) is 24.8 Å². The van der Waals surface area contributed by atoms with E-state index in [9.17, 15) is 18.0 Å². The first-order valence-corrected chi connectivity index (χ1v) is 11.3. The number of benzene rings is 2. The molecule has 7 heteroatoms. The Morgan fingerprint density at radius 2 is 1.66 bits per heavy atom. The molecule has 0 fully saturated rings. The van der Waals surface area contributed by atoms with Crippen LogP contribution in [0.25, 0.3) is 0 Å². The van der Waals surface area contributed by atoms with Crippen LogP contribution >= 0.6 is 0 Å².